The zero-order chi connectivity index (χ0) is 18.6. The largest absolute Gasteiger partial charge is 0.339 e. The number of rotatable bonds is 4. The van der Waals surface area contributed by atoms with E-state index in [2.05, 4.69) is 25.2 Å². The normalized spacial score (nSPS) is 18.7. The molecular formula is C20H26N6O. The average Bonchev–Trinajstić information content (AvgIpc) is 3.53. The molecule has 3 heterocycles. The highest BCUT2D eigenvalue weighted by atomic mass is 16.2. The maximum atomic E-state index is 12.9. The number of hydrogen-bond acceptors (Lipinski definition) is 5. The Balaban J connectivity index is 1.40. The van der Waals surface area contributed by atoms with Crippen molar-refractivity contribution in [2.45, 2.75) is 32.2 Å². The Kier molecular flexibility index (Phi) is 5.18. The lowest BCUT2D eigenvalue weighted by Gasteiger charge is -2.25. The molecule has 0 unspecified atom stereocenters. The van der Waals surface area contributed by atoms with Crippen LogP contribution < -0.4 is 10.2 Å². The number of hydrogen-bond donors (Lipinski definition) is 1. The Bertz CT molecular complexity index is 779. The van der Waals surface area contributed by atoms with Crippen molar-refractivity contribution >= 4 is 12.0 Å². The van der Waals surface area contributed by atoms with Crippen LogP contribution in [0.3, 0.4) is 0 Å². The van der Waals surface area contributed by atoms with Crippen molar-refractivity contribution in [1.29, 1.82) is 0 Å². The van der Waals surface area contributed by atoms with Gasteiger partial charge < -0.3 is 15.1 Å². The molecule has 1 aliphatic heterocycles. The quantitative estimate of drug-likeness (QED) is 0.900. The van der Waals surface area contributed by atoms with Crippen LogP contribution in [0.5, 0.6) is 0 Å². The van der Waals surface area contributed by atoms with Gasteiger partial charge in [-0.15, -0.1) is 0 Å². The summed E-state index contributed by atoms with van der Waals surface area (Å²) in [4.78, 5) is 30.3. The van der Waals surface area contributed by atoms with Crippen LogP contribution in [0.25, 0.3) is 0 Å². The topological polar surface area (TPSA) is 74.2 Å². The molecule has 1 atom stereocenters. The number of amides is 2. The summed E-state index contributed by atoms with van der Waals surface area (Å²) in [6.45, 7) is 5.01. The van der Waals surface area contributed by atoms with Gasteiger partial charge in [0.15, 0.2) is 0 Å². The number of aromatic nitrogens is 3. The Morgan fingerprint density at radius 2 is 1.93 bits per heavy atom. The molecule has 2 aromatic rings. The smallest absolute Gasteiger partial charge is 0.318 e. The summed E-state index contributed by atoms with van der Waals surface area (Å²) in [6.07, 6.45) is 6.72. The van der Waals surface area contributed by atoms with Gasteiger partial charge in [-0.05, 0) is 50.3 Å². The van der Waals surface area contributed by atoms with E-state index < -0.39 is 0 Å². The van der Waals surface area contributed by atoms with Crippen molar-refractivity contribution in [3.63, 3.8) is 0 Å². The summed E-state index contributed by atoms with van der Waals surface area (Å²) >= 11 is 0. The molecule has 27 heavy (non-hydrogen) atoms. The number of anilines is 1. The molecular weight excluding hydrogens is 340 g/mol. The highest BCUT2D eigenvalue weighted by molar-refractivity contribution is 5.75. The molecule has 2 aromatic heterocycles. The Morgan fingerprint density at radius 1 is 1.11 bits per heavy atom. The average molecular weight is 366 g/mol. The van der Waals surface area contributed by atoms with E-state index in [9.17, 15) is 4.79 Å². The van der Waals surface area contributed by atoms with E-state index in [-0.39, 0.29) is 12.1 Å². The van der Waals surface area contributed by atoms with Crippen molar-refractivity contribution < 1.29 is 4.79 Å². The Morgan fingerprint density at radius 3 is 2.67 bits per heavy atom. The first-order valence-electron chi connectivity index (χ1n) is 9.71. The summed E-state index contributed by atoms with van der Waals surface area (Å²) in [5, 5.41) is 3.25. The van der Waals surface area contributed by atoms with Gasteiger partial charge in [0.25, 0.3) is 0 Å². The highest BCUT2D eigenvalue weighted by Crippen LogP contribution is 2.40. The summed E-state index contributed by atoms with van der Waals surface area (Å²) in [7, 11) is 0. The van der Waals surface area contributed by atoms with E-state index in [0.29, 0.717) is 12.5 Å². The van der Waals surface area contributed by atoms with Crippen LogP contribution in [-0.2, 0) is 0 Å². The number of pyridine rings is 1. The van der Waals surface area contributed by atoms with Crippen molar-refractivity contribution in [2.75, 3.05) is 31.1 Å². The van der Waals surface area contributed by atoms with Crippen LogP contribution in [0.15, 0.2) is 36.7 Å². The molecule has 7 nitrogen and oxygen atoms in total. The molecule has 2 aliphatic rings. The molecule has 0 bridgehead atoms. The van der Waals surface area contributed by atoms with Gasteiger partial charge in [-0.25, -0.2) is 14.8 Å². The monoisotopic (exact) mass is 366 g/mol. The zero-order valence-corrected chi connectivity index (χ0v) is 15.7. The predicted octanol–water partition coefficient (Wildman–Crippen LogP) is 2.55. The number of nitrogens with one attached hydrogen (secondary N) is 1. The van der Waals surface area contributed by atoms with Gasteiger partial charge >= 0.3 is 6.03 Å². The van der Waals surface area contributed by atoms with E-state index in [1.165, 1.54) is 0 Å². The number of carbonyl (C=O) groups excluding carboxylic acids is 1. The number of nitrogens with zero attached hydrogens (tertiary/aromatic N) is 5. The third-order valence-corrected chi connectivity index (χ3v) is 5.22. The molecule has 0 radical (unpaired) electrons. The van der Waals surface area contributed by atoms with Gasteiger partial charge in [-0.1, -0.05) is 6.07 Å². The van der Waals surface area contributed by atoms with Crippen LogP contribution in [0.2, 0.25) is 0 Å². The number of urea groups is 1. The number of aryl methyl sites for hydroxylation is 1. The molecule has 0 aromatic carbocycles. The predicted molar refractivity (Wildman–Crippen MR) is 103 cm³/mol. The fourth-order valence-electron chi connectivity index (χ4n) is 3.60. The summed E-state index contributed by atoms with van der Waals surface area (Å²) in [5.74, 6) is 1.24. The molecule has 1 N–H and O–H groups in total. The lowest BCUT2D eigenvalue weighted by molar-refractivity contribution is 0.195. The van der Waals surface area contributed by atoms with E-state index >= 15 is 0 Å². The second kappa shape index (κ2) is 7.90. The lowest BCUT2D eigenvalue weighted by Crippen LogP contribution is -2.44. The van der Waals surface area contributed by atoms with Gasteiger partial charge in [-0.2, -0.15) is 0 Å². The van der Waals surface area contributed by atoms with Crippen LogP contribution in [-0.4, -0.2) is 52.1 Å². The van der Waals surface area contributed by atoms with E-state index in [1.54, 1.807) is 12.4 Å². The van der Waals surface area contributed by atoms with E-state index in [1.807, 2.05) is 36.1 Å². The van der Waals surface area contributed by atoms with Crippen molar-refractivity contribution in [3.8, 4) is 0 Å². The standard InChI is InChI=1S/C20H26N6O/c1-15-5-2-6-17(23-15)18(16-7-8-16)24-20(27)26-12-4-11-25(13-14-26)19-21-9-3-10-22-19/h2-3,5-6,9-10,16,18H,4,7-8,11-14H2,1H3,(H,24,27)/t18-/m1/s1. The molecule has 2 fully saturated rings. The highest BCUT2D eigenvalue weighted by Gasteiger charge is 2.35. The maximum Gasteiger partial charge on any atom is 0.318 e. The Hall–Kier alpha value is -2.70. The first kappa shape index (κ1) is 17.7. The molecule has 0 spiro atoms. The molecule has 2 amide bonds. The molecule has 1 saturated carbocycles. The van der Waals surface area contributed by atoms with Crippen molar-refractivity contribution in [3.05, 3.63) is 48.0 Å². The molecule has 1 aliphatic carbocycles. The van der Waals surface area contributed by atoms with Crippen molar-refractivity contribution in [1.82, 2.24) is 25.2 Å². The summed E-state index contributed by atoms with van der Waals surface area (Å²) in [6, 6.07) is 7.86. The first-order valence-corrected chi connectivity index (χ1v) is 9.71. The minimum atomic E-state index is 0.00559. The van der Waals surface area contributed by atoms with Crippen LogP contribution in [0.1, 0.15) is 36.7 Å². The molecule has 4 rings (SSSR count). The third-order valence-electron chi connectivity index (χ3n) is 5.22. The molecule has 7 heteroatoms. The van der Waals surface area contributed by atoms with Gasteiger partial charge in [0, 0.05) is 44.3 Å². The van der Waals surface area contributed by atoms with Crippen molar-refractivity contribution in [2.24, 2.45) is 5.92 Å². The fraction of sp³-hybridized carbons (Fsp3) is 0.500. The van der Waals surface area contributed by atoms with E-state index in [4.69, 9.17) is 0 Å². The number of carbonyl (C=O) groups is 1. The van der Waals surface area contributed by atoms with Gasteiger partial charge in [0.05, 0.1) is 11.7 Å². The summed E-state index contributed by atoms with van der Waals surface area (Å²) < 4.78 is 0. The second-order valence-corrected chi connectivity index (χ2v) is 7.34. The SMILES string of the molecule is Cc1cccc([C@H](NC(=O)N2CCCN(c3ncccn3)CC2)C2CC2)n1. The van der Waals surface area contributed by atoms with Crippen LogP contribution in [0, 0.1) is 12.8 Å². The maximum absolute atomic E-state index is 12.9. The fourth-order valence-corrected chi connectivity index (χ4v) is 3.60. The van der Waals surface area contributed by atoms with Gasteiger partial charge in [-0.3, -0.25) is 4.98 Å². The van der Waals surface area contributed by atoms with Crippen LogP contribution >= 0.6 is 0 Å². The lowest BCUT2D eigenvalue weighted by atomic mass is 10.1. The van der Waals surface area contributed by atoms with E-state index in [0.717, 1.165) is 56.2 Å². The first-order chi connectivity index (χ1) is 13.2. The minimum Gasteiger partial charge on any atom is -0.339 e. The van der Waals surface area contributed by atoms with Crippen LogP contribution in [0.4, 0.5) is 10.7 Å². The minimum absolute atomic E-state index is 0.00559. The second-order valence-electron chi connectivity index (χ2n) is 7.34. The van der Waals surface area contributed by atoms with Gasteiger partial charge in [0.1, 0.15) is 0 Å². The third kappa shape index (κ3) is 4.35. The zero-order valence-electron chi connectivity index (χ0n) is 15.7. The molecule has 142 valence electrons. The Labute approximate surface area is 159 Å². The molecule has 1 saturated heterocycles. The summed E-state index contributed by atoms with van der Waals surface area (Å²) in [5.41, 5.74) is 1.96. The van der Waals surface area contributed by atoms with Gasteiger partial charge in [0.2, 0.25) is 5.95 Å².